The van der Waals surface area contributed by atoms with Crippen molar-refractivity contribution in [3.8, 4) is 0 Å². The first-order valence-electron chi connectivity index (χ1n) is 5.99. The zero-order valence-electron chi connectivity index (χ0n) is 11.0. The molecule has 0 spiro atoms. The van der Waals surface area contributed by atoms with E-state index in [-0.39, 0.29) is 18.1 Å². The summed E-state index contributed by atoms with van der Waals surface area (Å²) in [6.45, 7) is 4.31. The Kier molecular flexibility index (Phi) is 5.09. The normalized spacial score (nSPS) is 12.5. The van der Waals surface area contributed by atoms with Crippen molar-refractivity contribution in [3.05, 3.63) is 24.0 Å². The van der Waals surface area contributed by atoms with Crippen molar-refractivity contribution in [2.45, 2.75) is 26.3 Å². The number of benzene rings is 1. The topological polar surface area (TPSA) is 58.4 Å². The minimum atomic E-state index is -0.483. The Labute approximate surface area is 107 Å². The van der Waals surface area contributed by atoms with Crippen LogP contribution in [0.2, 0.25) is 0 Å². The molecule has 5 heteroatoms. The molecule has 4 nitrogen and oxygen atoms in total. The van der Waals surface area contributed by atoms with Gasteiger partial charge in [0.1, 0.15) is 5.82 Å². The van der Waals surface area contributed by atoms with Crippen LogP contribution in [0.25, 0.3) is 0 Å². The van der Waals surface area contributed by atoms with Crippen LogP contribution in [0.15, 0.2) is 18.2 Å². The van der Waals surface area contributed by atoms with E-state index in [2.05, 4.69) is 12.2 Å². The van der Waals surface area contributed by atoms with Crippen LogP contribution in [-0.2, 0) is 4.79 Å². The SMILES string of the molecule is CCC(C)N(C)CC(=O)Nc1cc(N)ccc1F. The molecule has 0 aliphatic carbocycles. The summed E-state index contributed by atoms with van der Waals surface area (Å²) in [7, 11) is 1.86. The minimum absolute atomic E-state index is 0.123. The number of amides is 1. The molecule has 0 saturated carbocycles. The summed E-state index contributed by atoms with van der Waals surface area (Å²) in [6.07, 6.45) is 0.955. The van der Waals surface area contributed by atoms with Gasteiger partial charge >= 0.3 is 0 Å². The van der Waals surface area contributed by atoms with E-state index in [1.165, 1.54) is 18.2 Å². The number of nitrogens with zero attached hydrogens (tertiary/aromatic N) is 1. The Hall–Kier alpha value is -1.62. The fourth-order valence-electron chi connectivity index (χ4n) is 1.52. The van der Waals surface area contributed by atoms with Gasteiger partial charge in [-0.25, -0.2) is 4.39 Å². The van der Waals surface area contributed by atoms with E-state index >= 15 is 0 Å². The Morgan fingerprint density at radius 1 is 1.56 bits per heavy atom. The third kappa shape index (κ3) is 4.00. The monoisotopic (exact) mass is 253 g/mol. The summed E-state index contributed by atoms with van der Waals surface area (Å²) in [5, 5.41) is 2.53. The number of hydrogen-bond donors (Lipinski definition) is 2. The molecule has 0 aliphatic rings. The van der Waals surface area contributed by atoms with Gasteiger partial charge in [-0.05, 0) is 38.6 Å². The third-order valence-electron chi connectivity index (χ3n) is 3.00. The molecule has 1 amide bonds. The fraction of sp³-hybridized carbons (Fsp3) is 0.462. The van der Waals surface area contributed by atoms with E-state index in [9.17, 15) is 9.18 Å². The lowest BCUT2D eigenvalue weighted by Crippen LogP contribution is -2.36. The van der Waals surface area contributed by atoms with Gasteiger partial charge in [-0.1, -0.05) is 6.92 Å². The van der Waals surface area contributed by atoms with Crippen molar-refractivity contribution in [3.63, 3.8) is 0 Å². The van der Waals surface area contributed by atoms with Gasteiger partial charge in [-0.3, -0.25) is 9.69 Å². The Balaban J connectivity index is 2.62. The van der Waals surface area contributed by atoms with Crippen molar-refractivity contribution in [2.75, 3.05) is 24.6 Å². The molecule has 1 aromatic rings. The lowest BCUT2D eigenvalue weighted by Gasteiger charge is -2.22. The van der Waals surface area contributed by atoms with E-state index in [1.807, 2.05) is 18.9 Å². The summed E-state index contributed by atoms with van der Waals surface area (Å²) in [5.41, 5.74) is 6.09. The molecule has 1 rings (SSSR count). The number of rotatable bonds is 5. The van der Waals surface area contributed by atoms with Crippen LogP contribution in [-0.4, -0.2) is 30.4 Å². The summed E-state index contributed by atoms with van der Waals surface area (Å²) < 4.78 is 13.4. The number of nitrogen functional groups attached to an aromatic ring is 1. The third-order valence-corrected chi connectivity index (χ3v) is 3.00. The van der Waals surface area contributed by atoms with E-state index in [1.54, 1.807) is 0 Å². The van der Waals surface area contributed by atoms with Gasteiger partial charge in [0.05, 0.1) is 12.2 Å². The van der Waals surface area contributed by atoms with Crippen molar-refractivity contribution >= 4 is 17.3 Å². The van der Waals surface area contributed by atoms with Crippen LogP contribution in [0, 0.1) is 5.82 Å². The van der Waals surface area contributed by atoms with Gasteiger partial charge in [-0.2, -0.15) is 0 Å². The van der Waals surface area contributed by atoms with Crippen LogP contribution in [0.1, 0.15) is 20.3 Å². The minimum Gasteiger partial charge on any atom is -0.399 e. The first kappa shape index (κ1) is 14.4. The number of carbonyl (C=O) groups is 1. The molecule has 100 valence electrons. The van der Waals surface area contributed by atoms with E-state index in [0.29, 0.717) is 11.7 Å². The second kappa shape index (κ2) is 6.35. The van der Waals surface area contributed by atoms with Gasteiger partial charge in [-0.15, -0.1) is 0 Å². The molecule has 0 fully saturated rings. The fourth-order valence-corrected chi connectivity index (χ4v) is 1.52. The molecule has 0 aromatic heterocycles. The van der Waals surface area contributed by atoms with Gasteiger partial charge in [0.15, 0.2) is 0 Å². The second-order valence-electron chi connectivity index (χ2n) is 4.46. The van der Waals surface area contributed by atoms with Crippen molar-refractivity contribution < 1.29 is 9.18 Å². The second-order valence-corrected chi connectivity index (χ2v) is 4.46. The van der Waals surface area contributed by atoms with Gasteiger partial charge < -0.3 is 11.1 Å². The van der Waals surface area contributed by atoms with Crippen molar-refractivity contribution in [2.24, 2.45) is 0 Å². The summed E-state index contributed by atoms with van der Waals surface area (Å²) >= 11 is 0. The molecule has 0 radical (unpaired) electrons. The van der Waals surface area contributed by atoms with E-state index < -0.39 is 5.82 Å². The molecule has 18 heavy (non-hydrogen) atoms. The van der Waals surface area contributed by atoms with Gasteiger partial charge in [0.25, 0.3) is 0 Å². The largest absolute Gasteiger partial charge is 0.399 e. The highest BCUT2D eigenvalue weighted by molar-refractivity contribution is 5.92. The zero-order valence-corrected chi connectivity index (χ0v) is 11.0. The van der Waals surface area contributed by atoms with Crippen LogP contribution in [0.4, 0.5) is 15.8 Å². The maximum Gasteiger partial charge on any atom is 0.238 e. The number of halogens is 1. The average Bonchev–Trinajstić information content (AvgIpc) is 2.32. The number of anilines is 2. The number of hydrogen-bond acceptors (Lipinski definition) is 3. The summed E-state index contributed by atoms with van der Waals surface area (Å²) in [6, 6.07) is 4.41. The first-order chi connectivity index (χ1) is 8.43. The lowest BCUT2D eigenvalue weighted by molar-refractivity contribution is -0.117. The van der Waals surface area contributed by atoms with Gasteiger partial charge in [0, 0.05) is 11.7 Å². The number of carbonyl (C=O) groups excluding carboxylic acids is 1. The smallest absolute Gasteiger partial charge is 0.238 e. The molecule has 1 unspecified atom stereocenters. The van der Waals surface area contributed by atoms with Crippen molar-refractivity contribution in [1.82, 2.24) is 4.90 Å². The first-order valence-corrected chi connectivity index (χ1v) is 5.99. The number of likely N-dealkylation sites (N-methyl/N-ethyl adjacent to an activating group) is 1. The maximum absolute atomic E-state index is 13.4. The predicted molar refractivity (Wildman–Crippen MR) is 71.8 cm³/mol. The maximum atomic E-state index is 13.4. The molecule has 1 aromatic carbocycles. The van der Waals surface area contributed by atoms with Crippen molar-refractivity contribution in [1.29, 1.82) is 0 Å². The van der Waals surface area contributed by atoms with Crippen LogP contribution >= 0.6 is 0 Å². The quantitative estimate of drug-likeness (QED) is 0.790. The molecular weight excluding hydrogens is 233 g/mol. The average molecular weight is 253 g/mol. The molecule has 0 aliphatic heterocycles. The van der Waals surface area contributed by atoms with E-state index in [4.69, 9.17) is 5.73 Å². The lowest BCUT2D eigenvalue weighted by atomic mass is 10.2. The van der Waals surface area contributed by atoms with Crippen LogP contribution in [0.3, 0.4) is 0 Å². The summed E-state index contributed by atoms with van der Waals surface area (Å²) in [5.74, 6) is -0.731. The molecule has 0 saturated heterocycles. The molecule has 1 atom stereocenters. The van der Waals surface area contributed by atoms with E-state index in [0.717, 1.165) is 6.42 Å². The highest BCUT2D eigenvalue weighted by atomic mass is 19.1. The Morgan fingerprint density at radius 2 is 2.22 bits per heavy atom. The molecule has 0 heterocycles. The highest BCUT2D eigenvalue weighted by Crippen LogP contribution is 2.17. The Bertz CT molecular complexity index is 423. The standard InChI is InChI=1S/C13H20FN3O/c1-4-9(2)17(3)8-13(18)16-12-7-10(15)5-6-11(12)14/h5-7,9H,4,8,15H2,1-3H3,(H,16,18). The van der Waals surface area contributed by atoms with Gasteiger partial charge in [0.2, 0.25) is 5.91 Å². The molecular formula is C13H20FN3O. The number of nitrogens with two attached hydrogens (primary N) is 1. The number of nitrogens with one attached hydrogen (secondary N) is 1. The van der Waals surface area contributed by atoms with Crippen LogP contribution in [0.5, 0.6) is 0 Å². The predicted octanol–water partition coefficient (Wildman–Crippen LogP) is 2.08. The highest BCUT2D eigenvalue weighted by Gasteiger charge is 2.13. The zero-order chi connectivity index (χ0) is 13.7. The Morgan fingerprint density at radius 3 is 2.83 bits per heavy atom. The summed E-state index contributed by atoms with van der Waals surface area (Å²) in [4.78, 5) is 13.7. The van der Waals surface area contributed by atoms with Crippen LogP contribution < -0.4 is 11.1 Å². The molecule has 3 N–H and O–H groups in total. The molecule has 0 bridgehead atoms.